The second kappa shape index (κ2) is 10.1. The highest BCUT2D eigenvalue weighted by atomic mass is 35.5. The smallest absolute Gasteiger partial charge is 0.224 e. The molecule has 1 saturated carbocycles. The number of aryl methyl sites for hydroxylation is 1. The van der Waals surface area contributed by atoms with Crippen molar-refractivity contribution in [1.82, 2.24) is 24.4 Å². The van der Waals surface area contributed by atoms with Crippen molar-refractivity contribution in [3.63, 3.8) is 0 Å². The first kappa shape index (κ1) is 23.5. The Bertz CT molecular complexity index is 1250. The average molecular weight is 494 g/mol. The summed E-state index contributed by atoms with van der Waals surface area (Å²) in [7, 11) is 0. The molecule has 3 aromatic heterocycles. The molecule has 0 amide bonds. The summed E-state index contributed by atoms with van der Waals surface area (Å²) in [6.45, 7) is 11.4. The van der Waals surface area contributed by atoms with Gasteiger partial charge in [0.1, 0.15) is 10.7 Å². The van der Waals surface area contributed by atoms with Crippen LogP contribution in [0.5, 0.6) is 0 Å². The summed E-state index contributed by atoms with van der Waals surface area (Å²) < 4.78 is 2.35. The predicted octanol–water partition coefficient (Wildman–Crippen LogP) is 7.01. The van der Waals surface area contributed by atoms with Crippen LogP contribution in [0.4, 0.5) is 0 Å². The highest BCUT2D eigenvalue weighted by molar-refractivity contribution is 7.13. The Morgan fingerprint density at radius 3 is 2.97 bits per heavy atom. The largest absolute Gasteiger partial charge is 0.329 e. The van der Waals surface area contributed by atoms with Gasteiger partial charge in [-0.05, 0) is 63.5 Å². The van der Waals surface area contributed by atoms with Crippen LogP contribution in [0.25, 0.3) is 21.6 Å². The van der Waals surface area contributed by atoms with Crippen molar-refractivity contribution in [2.45, 2.75) is 52.0 Å². The minimum absolute atomic E-state index is 0.300. The second-order valence-corrected chi connectivity index (χ2v) is 10.6. The number of halogens is 1. The topological polar surface area (TPSA) is 46.8 Å². The van der Waals surface area contributed by atoms with E-state index in [2.05, 4.69) is 56.7 Å². The van der Waals surface area contributed by atoms with Crippen LogP contribution < -0.4 is 0 Å². The maximum atomic E-state index is 6.22. The third kappa shape index (κ3) is 4.77. The molecule has 0 aromatic carbocycles. The lowest BCUT2D eigenvalue weighted by molar-refractivity contribution is 0.281. The van der Waals surface area contributed by atoms with Gasteiger partial charge >= 0.3 is 0 Å². The fourth-order valence-corrected chi connectivity index (χ4v) is 6.40. The Balaban J connectivity index is 1.34. The van der Waals surface area contributed by atoms with E-state index in [0.29, 0.717) is 17.2 Å². The van der Waals surface area contributed by atoms with Crippen LogP contribution in [-0.4, -0.2) is 44.1 Å². The lowest BCUT2D eigenvalue weighted by atomic mass is 9.93. The van der Waals surface area contributed by atoms with E-state index in [1.54, 1.807) is 16.9 Å². The summed E-state index contributed by atoms with van der Waals surface area (Å²) in [5, 5.41) is 4.45. The highest BCUT2D eigenvalue weighted by Crippen LogP contribution is 2.43. The zero-order chi connectivity index (χ0) is 23.7. The van der Waals surface area contributed by atoms with E-state index >= 15 is 0 Å². The number of hydrogen-bond acceptors (Lipinski definition) is 5. The Morgan fingerprint density at radius 1 is 1.32 bits per heavy atom. The van der Waals surface area contributed by atoms with Crippen LogP contribution in [-0.2, 0) is 0 Å². The number of thiazole rings is 1. The standard InChI is InChI=1S/C27H32ClN5S/c1-4-19(5-2)10-12-32-11-6-7-21(15-32)20-8-9-22(13-20)33-16-24(26-30-18(3)17-34-26)23-14-29-27(28)31-25(23)33/h4-5,7,14,16-17,20,22H,1,6,8-13,15H2,2-3H3/b19-5+. The number of fused-ring (bicyclic) bond motifs is 1. The molecule has 5 nitrogen and oxygen atoms in total. The Kier molecular flexibility index (Phi) is 7.00. The van der Waals surface area contributed by atoms with E-state index in [-0.39, 0.29) is 0 Å². The summed E-state index contributed by atoms with van der Waals surface area (Å²) in [4.78, 5) is 16.2. The van der Waals surface area contributed by atoms with Crippen molar-refractivity contribution in [2.24, 2.45) is 5.92 Å². The number of rotatable bonds is 7. The summed E-state index contributed by atoms with van der Waals surface area (Å²) in [6.07, 6.45) is 16.5. The Morgan fingerprint density at radius 2 is 2.21 bits per heavy atom. The van der Waals surface area contributed by atoms with Gasteiger partial charge in [0.15, 0.2) is 0 Å². The van der Waals surface area contributed by atoms with Gasteiger partial charge in [-0.15, -0.1) is 11.3 Å². The molecule has 2 unspecified atom stereocenters. The summed E-state index contributed by atoms with van der Waals surface area (Å²) >= 11 is 7.90. The average Bonchev–Trinajstić information content (AvgIpc) is 3.58. The van der Waals surface area contributed by atoms with Crippen molar-refractivity contribution >= 4 is 34.0 Å². The number of allylic oxidation sites excluding steroid dienone is 2. The summed E-state index contributed by atoms with van der Waals surface area (Å²) in [5.74, 6) is 0.633. The minimum atomic E-state index is 0.300. The van der Waals surface area contributed by atoms with Crippen LogP contribution in [0.15, 0.2) is 53.7 Å². The van der Waals surface area contributed by atoms with Gasteiger partial charge in [-0.25, -0.2) is 9.97 Å². The van der Waals surface area contributed by atoms with Crippen LogP contribution >= 0.6 is 22.9 Å². The first-order valence-electron chi connectivity index (χ1n) is 12.2. The molecule has 2 aliphatic rings. The Labute approximate surface area is 210 Å². The molecule has 0 saturated heterocycles. The molecule has 0 spiro atoms. The molecule has 3 aromatic rings. The van der Waals surface area contributed by atoms with Crippen molar-refractivity contribution in [2.75, 3.05) is 19.6 Å². The van der Waals surface area contributed by atoms with Gasteiger partial charge in [0.2, 0.25) is 5.28 Å². The molecule has 5 rings (SSSR count). The molecule has 0 bridgehead atoms. The molecule has 4 heterocycles. The van der Waals surface area contributed by atoms with Crippen LogP contribution in [0.1, 0.15) is 50.8 Å². The molecule has 1 aliphatic heterocycles. The normalized spacial score (nSPS) is 21.9. The van der Waals surface area contributed by atoms with Gasteiger partial charge in [0, 0.05) is 60.1 Å². The van der Waals surface area contributed by atoms with Crippen molar-refractivity contribution < 1.29 is 0 Å². The molecule has 0 radical (unpaired) electrons. The predicted molar refractivity (Wildman–Crippen MR) is 142 cm³/mol. The minimum Gasteiger partial charge on any atom is -0.329 e. The van der Waals surface area contributed by atoms with E-state index in [1.165, 1.54) is 12.0 Å². The third-order valence-corrected chi connectivity index (χ3v) is 8.50. The number of hydrogen-bond donors (Lipinski definition) is 0. The molecular formula is C27H32ClN5S. The molecule has 1 fully saturated rings. The van der Waals surface area contributed by atoms with Crippen molar-refractivity contribution in [3.8, 4) is 10.6 Å². The van der Waals surface area contributed by atoms with Crippen molar-refractivity contribution in [1.29, 1.82) is 0 Å². The summed E-state index contributed by atoms with van der Waals surface area (Å²) in [5.41, 5.74) is 6.03. The second-order valence-electron chi connectivity index (χ2n) is 9.45. The molecule has 2 atom stereocenters. The molecule has 178 valence electrons. The zero-order valence-corrected chi connectivity index (χ0v) is 21.6. The number of aromatic nitrogens is 4. The van der Waals surface area contributed by atoms with Gasteiger partial charge < -0.3 is 4.57 Å². The molecule has 34 heavy (non-hydrogen) atoms. The Hall–Kier alpha value is -2.28. The van der Waals surface area contributed by atoms with Crippen molar-refractivity contribution in [3.05, 3.63) is 64.7 Å². The zero-order valence-electron chi connectivity index (χ0n) is 20.0. The fraction of sp³-hybridized carbons (Fsp3) is 0.444. The molecule has 7 heteroatoms. The van der Waals surface area contributed by atoms with E-state index in [0.717, 1.165) is 72.6 Å². The van der Waals surface area contributed by atoms with Gasteiger partial charge in [-0.2, -0.15) is 4.98 Å². The monoisotopic (exact) mass is 493 g/mol. The first-order chi connectivity index (χ1) is 16.6. The quantitative estimate of drug-likeness (QED) is 0.202. The van der Waals surface area contributed by atoms with Gasteiger partial charge in [0.05, 0.1) is 0 Å². The molecule has 1 aliphatic carbocycles. The van der Waals surface area contributed by atoms with E-state index in [9.17, 15) is 0 Å². The van der Waals surface area contributed by atoms with Crippen LogP contribution in [0, 0.1) is 12.8 Å². The SMILES string of the molecule is C=C/C(=C\C)CCN1CCC=C(C2CCC(n3cc(-c4nc(C)cs4)c4cnc(Cl)nc43)C2)C1. The van der Waals surface area contributed by atoms with Crippen LogP contribution in [0.2, 0.25) is 5.28 Å². The lowest BCUT2D eigenvalue weighted by Crippen LogP contribution is -2.32. The first-order valence-corrected chi connectivity index (χ1v) is 13.5. The van der Waals surface area contributed by atoms with Gasteiger partial charge in [0.25, 0.3) is 0 Å². The maximum absolute atomic E-state index is 6.22. The number of nitrogens with zero attached hydrogens (tertiary/aromatic N) is 5. The van der Waals surface area contributed by atoms with Gasteiger partial charge in [-0.1, -0.05) is 36.0 Å². The lowest BCUT2D eigenvalue weighted by Gasteiger charge is -2.30. The van der Waals surface area contributed by atoms with Gasteiger partial charge in [-0.3, -0.25) is 4.90 Å². The summed E-state index contributed by atoms with van der Waals surface area (Å²) in [6, 6.07) is 0.417. The van der Waals surface area contributed by atoms with Crippen LogP contribution in [0.3, 0.4) is 0 Å². The molecular weight excluding hydrogens is 462 g/mol. The maximum Gasteiger partial charge on any atom is 0.224 e. The fourth-order valence-electron chi connectivity index (χ4n) is 5.45. The third-order valence-electron chi connectivity index (χ3n) is 7.32. The molecule has 0 N–H and O–H groups in total. The van der Waals surface area contributed by atoms with E-state index in [1.807, 2.05) is 19.2 Å². The van der Waals surface area contributed by atoms with E-state index < -0.39 is 0 Å². The van der Waals surface area contributed by atoms with E-state index in [4.69, 9.17) is 16.6 Å². The highest BCUT2D eigenvalue weighted by Gasteiger charge is 2.31.